The third-order valence-corrected chi connectivity index (χ3v) is 6.27. The molecule has 2 aromatic carbocycles. The van der Waals surface area contributed by atoms with E-state index in [0.29, 0.717) is 12.0 Å². The van der Waals surface area contributed by atoms with E-state index in [1.807, 2.05) is 54.1 Å². The number of ether oxygens (including phenoxy) is 1. The van der Waals surface area contributed by atoms with Gasteiger partial charge in [-0.15, -0.1) is 12.4 Å². The summed E-state index contributed by atoms with van der Waals surface area (Å²) in [5.74, 6) is -0.421. The Morgan fingerprint density at radius 1 is 1.17 bits per heavy atom. The quantitative estimate of drug-likeness (QED) is 0.305. The molecule has 0 atom stereocenters. The number of carboxylic acid groups (broad SMARTS) is 1. The van der Waals surface area contributed by atoms with Gasteiger partial charge in [-0.3, -0.25) is 10.2 Å². The van der Waals surface area contributed by atoms with E-state index in [1.165, 1.54) is 0 Å². The van der Waals surface area contributed by atoms with Crippen LogP contribution in [-0.2, 0) is 27.8 Å². The Labute approximate surface area is 209 Å². The second-order valence-corrected chi connectivity index (χ2v) is 8.64. The maximum Gasteiger partial charge on any atom is 0.329 e. The molecule has 4 N–H and O–H groups in total. The first-order chi connectivity index (χ1) is 16.3. The smallest absolute Gasteiger partial charge is 0.329 e. The second-order valence-electron chi connectivity index (χ2n) is 8.64. The molecule has 1 aliphatic carbocycles. The largest absolute Gasteiger partial charge is 0.480 e. The van der Waals surface area contributed by atoms with Crippen molar-refractivity contribution in [3.8, 4) is 0 Å². The van der Waals surface area contributed by atoms with E-state index in [1.54, 1.807) is 4.90 Å². The van der Waals surface area contributed by atoms with Gasteiger partial charge in [0.2, 0.25) is 0 Å². The van der Waals surface area contributed by atoms with E-state index in [0.717, 1.165) is 53.8 Å². The molecule has 4 rings (SSSR count). The molecule has 186 valence electrons. The van der Waals surface area contributed by atoms with E-state index in [4.69, 9.17) is 26.0 Å². The van der Waals surface area contributed by atoms with Gasteiger partial charge in [-0.25, -0.2) is 9.78 Å². The molecular weight excluding hydrogens is 470 g/mol. The molecular formula is C25H30ClN5O4. The Morgan fingerprint density at radius 3 is 2.49 bits per heavy atom. The topological polar surface area (TPSA) is 135 Å². The molecule has 0 radical (unpaired) electrons. The molecule has 10 heteroatoms. The van der Waals surface area contributed by atoms with Gasteiger partial charge in [0.15, 0.2) is 0 Å². The van der Waals surface area contributed by atoms with Gasteiger partial charge < -0.3 is 25.0 Å². The molecule has 9 nitrogen and oxygen atoms in total. The highest BCUT2D eigenvalue weighted by atomic mass is 35.5. The van der Waals surface area contributed by atoms with Crippen LogP contribution in [0.4, 0.5) is 5.69 Å². The number of rotatable bonds is 9. The summed E-state index contributed by atoms with van der Waals surface area (Å²) >= 11 is 0. The van der Waals surface area contributed by atoms with Crippen LogP contribution in [0.3, 0.4) is 0 Å². The molecule has 1 aliphatic rings. The van der Waals surface area contributed by atoms with E-state index >= 15 is 0 Å². The van der Waals surface area contributed by atoms with Gasteiger partial charge in [-0.1, -0.05) is 37.1 Å². The number of nitrogens with two attached hydrogens (primary N) is 1. The van der Waals surface area contributed by atoms with Crippen LogP contribution in [-0.4, -0.2) is 51.6 Å². The van der Waals surface area contributed by atoms with Crippen LogP contribution in [0.15, 0.2) is 42.5 Å². The fourth-order valence-electron chi connectivity index (χ4n) is 4.55. The maximum atomic E-state index is 13.0. The average Bonchev–Trinajstić information content (AvgIpc) is 3.43. The van der Waals surface area contributed by atoms with Crippen LogP contribution in [0.2, 0.25) is 0 Å². The number of hydrogen-bond acceptors (Lipinski definition) is 5. The number of nitrogens with zero attached hydrogens (tertiary/aromatic N) is 3. The number of benzene rings is 2. The van der Waals surface area contributed by atoms with Crippen molar-refractivity contribution in [3.05, 3.63) is 59.4 Å². The molecule has 1 heterocycles. The number of imidazole rings is 1. The SMILES string of the molecule is Cl.Cn1c(Cc2ccc(C(=N)N)cc2)nc2cc(N(C(=O)COCC(=O)O)C3CCCC3)ccc21. The van der Waals surface area contributed by atoms with Gasteiger partial charge in [0.05, 0.1) is 11.0 Å². The lowest BCUT2D eigenvalue weighted by Crippen LogP contribution is -2.41. The first kappa shape index (κ1) is 26.2. The third kappa shape index (κ3) is 5.98. The number of fused-ring (bicyclic) bond motifs is 1. The Hall–Kier alpha value is -3.43. The van der Waals surface area contributed by atoms with Crippen molar-refractivity contribution in [1.82, 2.24) is 9.55 Å². The molecule has 1 aromatic heterocycles. The number of hydrogen-bond donors (Lipinski definition) is 3. The van der Waals surface area contributed by atoms with Gasteiger partial charge in [0, 0.05) is 30.8 Å². The highest BCUT2D eigenvalue weighted by Crippen LogP contribution is 2.31. The standard InChI is InChI=1S/C25H29N5O4.ClH/c1-29-21-11-10-19(30(18-4-2-3-5-18)23(31)14-34-15-24(32)33)13-20(21)28-22(29)12-16-6-8-17(9-7-16)25(26)27;/h6-11,13,18H,2-5,12,14-15H2,1H3,(H3,26,27)(H,32,33);1H. The number of carboxylic acids is 1. The number of amidine groups is 1. The highest BCUT2D eigenvalue weighted by Gasteiger charge is 2.28. The second kappa shape index (κ2) is 11.3. The first-order valence-electron chi connectivity index (χ1n) is 11.3. The van der Waals surface area contributed by atoms with Crippen LogP contribution in [0.5, 0.6) is 0 Å². The molecule has 0 bridgehead atoms. The molecule has 1 amide bonds. The number of halogens is 1. The van der Waals surface area contributed by atoms with Gasteiger partial charge in [0.25, 0.3) is 5.91 Å². The van der Waals surface area contributed by atoms with Crippen LogP contribution in [0.1, 0.15) is 42.6 Å². The third-order valence-electron chi connectivity index (χ3n) is 6.27. The van der Waals surface area contributed by atoms with Crippen LogP contribution < -0.4 is 10.6 Å². The zero-order chi connectivity index (χ0) is 24.2. The predicted octanol–water partition coefficient (Wildman–Crippen LogP) is 3.25. The molecule has 0 unspecified atom stereocenters. The Morgan fingerprint density at radius 2 is 1.86 bits per heavy atom. The van der Waals surface area contributed by atoms with E-state index < -0.39 is 12.6 Å². The normalized spacial score (nSPS) is 13.5. The zero-order valence-corrected chi connectivity index (χ0v) is 20.4. The summed E-state index contributed by atoms with van der Waals surface area (Å²) in [5.41, 5.74) is 9.78. The van der Waals surface area contributed by atoms with Crippen LogP contribution >= 0.6 is 12.4 Å². The summed E-state index contributed by atoms with van der Waals surface area (Å²) in [6, 6.07) is 13.4. The molecule has 35 heavy (non-hydrogen) atoms. The van der Waals surface area contributed by atoms with Crippen molar-refractivity contribution in [2.45, 2.75) is 38.1 Å². The Balaban J connectivity index is 0.00000342. The van der Waals surface area contributed by atoms with E-state index in [-0.39, 0.29) is 36.8 Å². The fourth-order valence-corrected chi connectivity index (χ4v) is 4.55. The van der Waals surface area contributed by atoms with Gasteiger partial charge in [0.1, 0.15) is 24.9 Å². The number of amides is 1. The molecule has 0 saturated heterocycles. The summed E-state index contributed by atoms with van der Waals surface area (Å²) < 4.78 is 7.12. The number of carbonyl (C=O) groups is 2. The summed E-state index contributed by atoms with van der Waals surface area (Å²) in [5, 5.41) is 16.3. The monoisotopic (exact) mass is 499 g/mol. The van der Waals surface area contributed by atoms with Gasteiger partial charge in [-0.2, -0.15) is 0 Å². The number of nitrogen functional groups attached to an aromatic ring is 1. The van der Waals surface area contributed by atoms with Crippen LogP contribution in [0.25, 0.3) is 11.0 Å². The Bertz CT molecular complexity index is 1220. The van der Waals surface area contributed by atoms with E-state index in [2.05, 4.69) is 0 Å². The summed E-state index contributed by atoms with van der Waals surface area (Å²) in [6.45, 7) is -0.773. The molecule has 3 aromatic rings. The number of carbonyl (C=O) groups excluding carboxylic acids is 1. The minimum Gasteiger partial charge on any atom is -0.480 e. The first-order valence-corrected chi connectivity index (χ1v) is 11.3. The average molecular weight is 500 g/mol. The molecule has 1 saturated carbocycles. The predicted molar refractivity (Wildman–Crippen MR) is 136 cm³/mol. The molecule has 1 fully saturated rings. The lowest BCUT2D eigenvalue weighted by Gasteiger charge is -2.29. The highest BCUT2D eigenvalue weighted by molar-refractivity contribution is 5.97. The molecule has 0 spiro atoms. The minimum absolute atomic E-state index is 0. The number of aryl methyl sites for hydroxylation is 1. The zero-order valence-electron chi connectivity index (χ0n) is 19.6. The summed E-state index contributed by atoms with van der Waals surface area (Å²) in [7, 11) is 1.97. The fraction of sp³-hybridized carbons (Fsp3) is 0.360. The maximum absolute atomic E-state index is 13.0. The van der Waals surface area contributed by atoms with Crippen molar-refractivity contribution in [2.75, 3.05) is 18.1 Å². The number of anilines is 1. The van der Waals surface area contributed by atoms with Crippen molar-refractivity contribution >= 4 is 46.8 Å². The summed E-state index contributed by atoms with van der Waals surface area (Å²) in [4.78, 5) is 30.3. The van der Waals surface area contributed by atoms with Gasteiger partial charge in [-0.05, 0) is 36.6 Å². The van der Waals surface area contributed by atoms with Crippen molar-refractivity contribution < 1.29 is 19.4 Å². The van der Waals surface area contributed by atoms with Crippen molar-refractivity contribution in [1.29, 1.82) is 5.41 Å². The number of aromatic nitrogens is 2. The number of nitrogens with one attached hydrogen (secondary N) is 1. The van der Waals surface area contributed by atoms with Gasteiger partial charge >= 0.3 is 5.97 Å². The number of aliphatic carboxylic acids is 1. The van der Waals surface area contributed by atoms with Crippen LogP contribution in [0, 0.1) is 5.41 Å². The minimum atomic E-state index is -1.10. The van der Waals surface area contributed by atoms with Crippen molar-refractivity contribution in [2.24, 2.45) is 12.8 Å². The lowest BCUT2D eigenvalue weighted by atomic mass is 10.1. The lowest BCUT2D eigenvalue weighted by molar-refractivity contribution is -0.143. The Kier molecular flexibility index (Phi) is 8.48. The van der Waals surface area contributed by atoms with E-state index in [9.17, 15) is 9.59 Å². The molecule has 0 aliphatic heterocycles. The summed E-state index contributed by atoms with van der Waals surface area (Å²) in [6.07, 6.45) is 4.55. The van der Waals surface area contributed by atoms with Crippen molar-refractivity contribution in [3.63, 3.8) is 0 Å².